The van der Waals surface area contributed by atoms with E-state index in [0.717, 1.165) is 42.7 Å². The average Bonchev–Trinajstić information content (AvgIpc) is 2.58. The lowest BCUT2D eigenvalue weighted by molar-refractivity contribution is -0.274. The summed E-state index contributed by atoms with van der Waals surface area (Å²) in [5.74, 6) is -1.40. The van der Waals surface area contributed by atoms with Crippen molar-refractivity contribution in [2.24, 2.45) is 0 Å². The van der Waals surface area contributed by atoms with Gasteiger partial charge in [0.2, 0.25) is 15.9 Å². The van der Waals surface area contributed by atoms with Gasteiger partial charge in [-0.05, 0) is 48.5 Å². The Labute approximate surface area is 167 Å². The molecule has 0 aliphatic carbocycles. The van der Waals surface area contributed by atoms with Gasteiger partial charge in [-0.2, -0.15) is 13.2 Å². The van der Waals surface area contributed by atoms with E-state index < -0.39 is 46.3 Å². The number of rotatable bonds is 6. The predicted octanol–water partition coefficient (Wildman–Crippen LogP) is 4.01. The van der Waals surface area contributed by atoms with Crippen LogP contribution in [0.2, 0.25) is 0 Å². The number of carbonyl (C=O) groups is 1. The summed E-state index contributed by atoms with van der Waals surface area (Å²) >= 11 is 0. The van der Waals surface area contributed by atoms with Crippen molar-refractivity contribution in [2.75, 3.05) is 22.4 Å². The minimum absolute atomic E-state index is 0.0513. The van der Waals surface area contributed by atoms with Crippen LogP contribution in [0.3, 0.4) is 0 Å². The summed E-state index contributed by atoms with van der Waals surface area (Å²) in [6, 6.07) is 7.22. The molecule has 0 fully saturated rings. The Balaban J connectivity index is 2.13. The molecule has 0 aromatic heterocycles. The highest BCUT2D eigenvalue weighted by Gasteiger charge is 2.32. The van der Waals surface area contributed by atoms with E-state index in [1.807, 2.05) is 0 Å². The molecule has 0 aliphatic heterocycles. The van der Waals surface area contributed by atoms with E-state index in [9.17, 15) is 39.6 Å². The number of amides is 1. The molecule has 1 N–H and O–H groups in total. The van der Waals surface area contributed by atoms with Gasteiger partial charge in [-0.15, -0.1) is 13.2 Å². The molecule has 13 heteroatoms. The Morgan fingerprint density at radius 3 is 1.93 bits per heavy atom. The highest BCUT2D eigenvalue weighted by Crippen LogP contribution is 2.31. The summed E-state index contributed by atoms with van der Waals surface area (Å²) in [6.07, 6.45) is -8.74. The zero-order valence-electron chi connectivity index (χ0n) is 15.1. The number of alkyl halides is 6. The van der Waals surface area contributed by atoms with Gasteiger partial charge in [-0.1, -0.05) is 0 Å². The lowest BCUT2D eigenvalue weighted by Crippen LogP contribution is -2.37. The number of anilines is 2. The van der Waals surface area contributed by atoms with Gasteiger partial charge >= 0.3 is 12.5 Å². The van der Waals surface area contributed by atoms with Crippen LogP contribution in [0.25, 0.3) is 0 Å². The molecule has 0 saturated carbocycles. The standard InChI is InChI=1S/C17H14F6N2O4S/c1-30(27,28)25(13-6-2-11(3-7-13)16(18,19)20)10-15(26)24-12-4-8-14(9-5-12)29-17(21,22)23/h2-9H,10H2,1H3,(H,24,26). The van der Waals surface area contributed by atoms with Crippen LogP contribution < -0.4 is 14.4 Å². The first-order valence-electron chi connectivity index (χ1n) is 7.96. The largest absolute Gasteiger partial charge is 0.573 e. The summed E-state index contributed by atoms with van der Waals surface area (Å²) in [6.45, 7) is -0.773. The lowest BCUT2D eigenvalue weighted by Gasteiger charge is -2.22. The molecule has 0 atom stereocenters. The second-order valence-electron chi connectivity index (χ2n) is 5.93. The van der Waals surface area contributed by atoms with Crippen LogP contribution in [0.4, 0.5) is 37.7 Å². The Morgan fingerprint density at radius 2 is 1.50 bits per heavy atom. The van der Waals surface area contributed by atoms with Crippen LogP contribution in [0.15, 0.2) is 48.5 Å². The maximum absolute atomic E-state index is 12.7. The third-order valence-corrected chi connectivity index (χ3v) is 4.68. The van der Waals surface area contributed by atoms with E-state index in [4.69, 9.17) is 0 Å². The molecule has 2 rings (SSSR count). The van der Waals surface area contributed by atoms with Crippen LogP contribution in [-0.2, 0) is 21.0 Å². The first-order valence-corrected chi connectivity index (χ1v) is 9.80. The van der Waals surface area contributed by atoms with Gasteiger partial charge in [0.05, 0.1) is 17.5 Å². The van der Waals surface area contributed by atoms with Crippen LogP contribution in [0.5, 0.6) is 5.75 Å². The summed E-state index contributed by atoms with van der Waals surface area (Å²) < 4.78 is 103. The maximum atomic E-state index is 12.7. The van der Waals surface area contributed by atoms with Gasteiger partial charge in [0.25, 0.3) is 0 Å². The summed E-state index contributed by atoms with van der Waals surface area (Å²) in [5, 5.41) is 2.28. The van der Waals surface area contributed by atoms with Crippen molar-refractivity contribution in [1.29, 1.82) is 0 Å². The number of halogens is 6. The molecule has 30 heavy (non-hydrogen) atoms. The molecule has 0 aliphatic rings. The predicted molar refractivity (Wildman–Crippen MR) is 95.4 cm³/mol. The number of ether oxygens (including phenoxy) is 1. The topological polar surface area (TPSA) is 75.7 Å². The van der Waals surface area contributed by atoms with Crippen LogP contribution in [0.1, 0.15) is 5.56 Å². The molecule has 2 aromatic carbocycles. The smallest absolute Gasteiger partial charge is 0.406 e. The fraction of sp³-hybridized carbons (Fsp3) is 0.235. The molecular weight excluding hydrogens is 442 g/mol. The molecule has 0 heterocycles. The summed E-state index contributed by atoms with van der Waals surface area (Å²) in [4.78, 5) is 12.2. The van der Waals surface area contributed by atoms with Crippen molar-refractivity contribution in [3.8, 4) is 5.75 Å². The summed E-state index contributed by atoms with van der Waals surface area (Å²) in [5.41, 5.74) is -1.12. The number of hydrogen-bond donors (Lipinski definition) is 1. The first-order chi connectivity index (χ1) is 13.6. The summed E-state index contributed by atoms with van der Waals surface area (Å²) in [7, 11) is -4.03. The number of nitrogens with zero attached hydrogens (tertiary/aromatic N) is 1. The molecule has 2 aromatic rings. The molecular formula is C17H14F6N2O4S. The Bertz CT molecular complexity index is 987. The van der Waals surface area contributed by atoms with E-state index in [2.05, 4.69) is 10.1 Å². The number of sulfonamides is 1. The van der Waals surface area contributed by atoms with Gasteiger partial charge < -0.3 is 10.1 Å². The monoisotopic (exact) mass is 456 g/mol. The van der Waals surface area contributed by atoms with Gasteiger partial charge in [-0.25, -0.2) is 8.42 Å². The van der Waals surface area contributed by atoms with Crippen molar-refractivity contribution >= 4 is 27.3 Å². The number of carbonyl (C=O) groups excluding carboxylic acids is 1. The normalized spacial score (nSPS) is 12.4. The minimum atomic E-state index is -4.89. The third-order valence-electron chi connectivity index (χ3n) is 3.54. The van der Waals surface area contributed by atoms with Crippen molar-refractivity contribution in [1.82, 2.24) is 0 Å². The van der Waals surface area contributed by atoms with Gasteiger partial charge in [0, 0.05) is 5.69 Å². The third kappa shape index (κ3) is 6.83. The fourth-order valence-electron chi connectivity index (χ4n) is 2.29. The van der Waals surface area contributed by atoms with Crippen molar-refractivity contribution < 1.29 is 44.3 Å². The van der Waals surface area contributed by atoms with Crippen molar-refractivity contribution in [3.05, 3.63) is 54.1 Å². The number of nitrogens with one attached hydrogen (secondary N) is 1. The Kier molecular flexibility index (Phi) is 6.54. The van der Waals surface area contributed by atoms with Gasteiger partial charge in [-0.3, -0.25) is 9.10 Å². The van der Waals surface area contributed by atoms with E-state index in [0.29, 0.717) is 16.4 Å². The van der Waals surface area contributed by atoms with E-state index in [1.54, 1.807) is 0 Å². The first kappa shape index (κ1) is 23.3. The average molecular weight is 456 g/mol. The molecule has 0 saturated heterocycles. The van der Waals surface area contributed by atoms with Gasteiger partial charge in [0.1, 0.15) is 12.3 Å². The van der Waals surface area contributed by atoms with E-state index >= 15 is 0 Å². The van der Waals surface area contributed by atoms with E-state index in [-0.39, 0.29) is 11.4 Å². The number of hydrogen-bond acceptors (Lipinski definition) is 4. The van der Waals surface area contributed by atoms with Crippen LogP contribution in [-0.4, -0.2) is 33.5 Å². The molecule has 0 radical (unpaired) electrons. The van der Waals surface area contributed by atoms with Crippen molar-refractivity contribution in [3.63, 3.8) is 0 Å². The van der Waals surface area contributed by atoms with Crippen LogP contribution >= 0.6 is 0 Å². The number of benzene rings is 2. The molecule has 164 valence electrons. The molecule has 6 nitrogen and oxygen atoms in total. The van der Waals surface area contributed by atoms with Gasteiger partial charge in [0.15, 0.2) is 0 Å². The fourth-order valence-corrected chi connectivity index (χ4v) is 3.14. The minimum Gasteiger partial charge on any atom is -0.406 e. The SMILES string of the molecule is CS(=O)(=O)N(CC(=O)Nc1ccc(OC(F)(F)F)cc1)c1ccc(C(F)(F)F)cc1. The maximum Gasteiger partial charge on any atom is 0.573 e. The van der Waals surface area contributed by atoms with Crippen molar-refractivity contribution in [2.45, 2.75) is 12.5 Å². The second kappa shape index (κ2) is 8.42. The molecule has 0 bridgehead atoms. The zero-order chi connectivity index (χ0) is 22.7. The highest BCUT2D eigenvalue weighted by atomic mass is 32.2. The van der Waals surface area contributed by atoms with Crippen LogP contribution in [0, 0.1) is 0 Å². The second-order valence-corrected chi connectivity index (χ2v) is 7.84. The highest BCUT2D eigenvalue weighted by molar-refractivity contribution is 7.92. The Hall–Kier alpha value is -2.96. The molecule has 0 spiro atoms. The zero-order valence-corrected chi connectivity index (χ0v) is 15.9. The Morgan fingerprint density at radius 1 is 0.967 bits per heavy atom. The van der Waals surface area contributed by atoms with E-state index in [1.165, 1.54) is 0 Å². The quantitative estimate of drug-likeness (QED) is 0.667. The lowest BCUT2D eigenvalue weighted by atomic mass is 10.2. The molecule has 0 unspecified atom stereocenters. The molecule has 1 amide bonds.